The largest absolute Gasteiger partial charge is 0.346 e. The molecule has 0 radical (unpaired) electrons. The van der Waals surface area contributed by atoms with Gasteiger partial charge >= 0.3 is 0 Å². The summed E-state index contributed by atoms with van der Waals surface area (Å²) in [6.07, 6.45) is 4.04. The van der Waals surface area contributed by atoms with E-state index < -0.39 is 0 Å². The monoisotopic (exact) mass is 391 g/mol. The SMILES string of the molecule is CC(C)n1ncc2c(C(=O)NCc3nc4ccccc4s3)cc(C3CC3)nc21. The minimum absolute atomic E-state index is 0.100. The molecule has 0 atom stereocenters. The van der Waals surface area contributed by atoms with Crippen molar-refractivity contribution in [2.75, 3.05) is 0 Å². The van der Waals surface area contributed by atoms with Gasteiger partial charge in [0.2, 0.25) is 0 Å². The molecule has 28 heavy (non-hydrogen) atoms. The van der Waals surface area contributed by atoms with Crippen LogP contribution in [0.5, 0.6) is 0 Å². The quantitative estimate of drug-likeness (QED) is 0.546. The van der Waals surface area contributed by atoms with Crippen LogP contribution in [0.4, 0.5) is 0 Å². The van der Waals surface area contributed by atoms with Gasteiger partial charge in [-0.25, -0.2) is 14.6 Å². The maximum Gasteiger partial charge on any atom is 0.252 e. The van der Waals surface area contributed by atoms with Crippen LogP contribution in [-0.2, 0) is 6.54 Å². The number of nitrogens with one attached hydrogen (secondary N) is 1. The zero-order chi connectivity index (χ0) is 19.3. The van der Waals surface area contributed by atoms with E-state index in [1.807, 2.05) is 35.0 Å². The second-order valence-corrected chi connectivity index (χ2v) is 8.66. The number of pyridine rings is 1. The Bertz CT molecular complexity index is 1160. The molecule has 3 aromatic heterocycles. The number of carbonyl (C=O) groups excluding carboxylic acids is 1. The van der Waals surface area contributed by atoms with Gasteiger partial charge in [-0.1, -0.05) is 12.1 Å². The van der Waals surface area contributed by atoms with Crippen molar-refractivity contribution in [1.82, 2.24) is 25.1 Å². The lowest BCUT2D eigenvalue weighted by atomic mass is 10.1. The number of thiazole rings is 1. The second-order valence-electron chi connectivity index (χ2n) is 7.55. The molecule has 1 saturated carbocycles. The van der Waals surface area contributed by atoms with E-state index in [9.17, 15) is 4.79 Å². The van der Waals surface area contributed by atoms with E-state index in [1.165, 1.54) is 0 Å². The molecule has 4 aromatic rings. The van der Waals surface area contributed by atoms with Crippen molar-refractivity contribution in [3.63, 3.8) is 0 Å². The van der Waals surface area contributed by atoms with E-state index in [0.29, 0.717) is 18.0 Å². The Morgan fingerprint density at radius 2 is 2.11 bits per heavy atom. The number of carbonyl (C=O) groups is 1. The average molecular weight is 392 g/mol. The smallest absolute Gasteiger partial charge is 0.252 e. The highest BCUT2D eigenvalue weighted by atomic mass is 32.1. The van der Waals surface area contributed by atoms with E-state index in [2.05, 4.69) is 29.2 Å². The third-order valence-corrected chi connectivity index (χ3v) is 6.09. The summed E-state index contributed by atoms with van der Waals surface area (Å²) in [5, 5.41) is 9.22. The maximum absolute atomic E-state index is 13.0. The Balaban J connectivity index is 1.46. The van der Waals surface area contributed by atoms with Crippen LogP contribution in [0.3, 0.4) is 0 Å². The molecule has 7 heteroatoms. The van der Waals surface area contributed by atoms with Gasteiger partial charge in [-0.2, -0.15) is 5.10 Å². The number of aromatic nitrogens is 4. The first-order chi connectivity index (χ1) is 13.6. The number of benzene rings is 1. The summed E-state index contributed by atoms with van der Waals surface area (Å²) in [6, 6.07) is 10.2. The minimum Gasteiger partial charge on any atom is -0.346 e. The number of amides is 1. The Morgan fingerprint density at radius 3 is 2.86 bits per heavy atom. The van der Waals surface area contributed by atoms with Crippen LogP contribution in [0.15, 0.2) is 36.5 Å². The van der Waals surface area contributed by atoms with Crippen LogP contribution in [0, 0.1) is 0 Å². The predicted octanol–water partition coefficient (Wildman–Crippen LogP) is 4.43. The highest BCUT2D eigenvalue weighted by Gasteiger charge is 2.28. The Kier molecular flexibility index (Phi) is 4.12. The topological polar surface area (TPSA) is 72.7 Å². The molecule has 142 valence electrons. The Hall–Kier alpha value is -2.80. The third-order valence-electron chi connectivity index (χ3n) is 5.05. The molecule has 1 aromatic carbocycles. The summed E-state index contributed by atoms with van der Waals surface area (Å²) in [6.45, 7) is 4.56. The summed E-state index contributed by atoms with van der Waals surface area (Å²) < 4.78 is 3.03. The van der Waals surface area contributed by atoms with Gasteiger partial charge in [0.25, 0.3) is 5.91 Å². The number of fused-ring (bicyclic) bond motifs is 2. The molecule has 5 rings (SSSR count). The van der Waals surface area contributed by atoms with Crippen LogP contribution in [0.1, 0.15) is 59.7 Å². The summed E-state index contributed by atoms with van der Waals surface area (Å²) in [5.74, 6) is 0.368. The standard InChI is InChI=1S/C21H21N5OS/c1-12(2)26-20-15(10-23-26)14(9-17(25-20)13-7-8-13)21(27)22-11-19-24-16-5-3-4-6-18(16)28-19/h3-6,9-10,12-13H,7-8,11H2,1-2H3,(H,22,27). The molecule has 1 fully saturated rings. The van der Waals surface area contributed by atoms with Crippen molar-refractivity contribution < 1.29 is 4.79 Å². The minimum atomic E-state index is -0.100. The molecule has 6 nitrogen and oxygen atoms in total. The number of para-hydroxylation sites is 1. The van der Waals surface area contributed by atoms with Crippen LogP contribution >= 0.6 is 11.3 Å². The molecular weight excluding hydrogens is 370 g/mol. The van der Waals surface area contributed by atoms with Gasteiger partial charge in [-0.3, -0.25) is 4.79 Å². The van der Waals surface area contributed by atoms with Gasteiger partial charge in [0.15, 0.2) is 5.65 Å². The van der Waals surface area contributed by atoms with E-state index in [-0.39, 0.29) is 11.9 Å². The zero-order valence-electron chi connectivity index (χ0n) is 15.8. The van der Waals surface area contributed by atoms with Crippen LogP contribution in [-0.4, -0.2) is 25.7 Å². The first-order valence-corrected chi connectivity index (χ1v) is 10.4. The van der Waals surface area contributed by atoms with E-state index in [1.54, 1.807) is 17.5 Å². The lowest BCUT2D eigenvalue weighted by Gasteiger charge is -2.10. The lowest BCUT2D eigenvalue weighted by molar-refractivity contribution is 0.0952. The average Bonchev–Trinajstić information content (AvgIpc) is 3.31. The molecule has 1 aliphatic carbocycles. The van der Waals surface area contributed by atoms with E-state index >= 15 is 0 Å². The number of hydrogen-bond donors (Lipinski definition) is 1. The first-order valence-electron chi connectivity index (χ1n) is 9.61. The lowest BCUT2D eigenvalue weighted by Crippen LogP contribution is -2.23. The molecule has 1 amide bonds. The van der Waals surface area contributed by atoms with Gasteiger partial charge < -0.3 is 5.32 Å². The summed E-state index contributed by atoms with van der Waals surface area (Å²) in [7, 11) is 0. The van der Waals surface area contributed by atoms with Gasteiger partial charge in [-0.15, -0.1) is 11.3 Å². The molecular formula is C21H21N5OS. The molecule has 0 saturated heterocycles. The van der Waals surface area contributed by atoms with Crippen molar-refractivity contribution in [3.05, 3.63) is 52.8 Å². The summed E-state index contributed by atoms with van der Waals surface area (Å²) >= 11 is 1.61. The zero-order valence-corrected chi connectivity index (χ0v) is 16.7. The maximum atomic E-state index is 13.0. The second kappa shape index (κ2) is 6.67. The molecule has 0 aliphatic heterocycles. The Morgan fingerprint density at radius 1 is 1.29 bits per heavy atom. The van der Waals surface area contributed by atoms with Crippen LogP contribution in [0.25, 0.3) is 21.3 Å². The molecule has 0 unspecified atom stereocenters. The molecule has 0 spiro atoms. The number of rotatable bonds is 5. The summed E-state index contributed by atoms with van der Waals surface area (Å²) in [5.41, 5.74) is 3.42. The van der Waals surface area contributed by atoms with Crippen molar-refractivity contribution >= 4 is 38.5 Å². The van der Waals surface area contributed by atoms with Gasteiger partial charge in [0, 0.05) is 17.7 Å². The normalized spacial score (nSPS) is 14.2. The van der Waals surface area contributed by atoms with Gasteiger partial charge in [0.05, 0.1) is 33.9 Å². The van der Waals surface area contributed by atoms with Crippen molar-refractivity contribution in [1.29, 1.82) is 0 Å². The number of nitrogens with zero attached hydrogens (tertiary/aromatic N) is 4. The third kappa shape index (κ3) is 3.05. The number of hydrogen-bond acceptors (Lipinski definition) is 5. The van der Waals surface area contributed by atoms with Crippen LogP contribution < -0.4 is 5.32 Å². The summed E-state index contributed by atoms with van der Waals surface area (Å²) in [4.78, 5) is 22.4. The Labute approximate surface area is 166 Å². The molecule has 1 N–H and O–H groups in total. The molecule has 1 aliphatic rings. The van der Waals surface area contributed by atoms with Crippen molar-refractivity contribution in [3.8, 4) is 0 Å². The fourth-order valence-electron chi connectivity index (χ4n) is 3.44. The predicted molar refractivity (Wildman–Crippen MR) is 111 cm³/mol. The van der Waals surface area contributed by atoms with E-state index in [0.717, 1.165) is 44.8 Å². The molecule has 0 bridgehead atoms. The molecule has 3 heterocycles. The fraction of sp³-hybridized carbons (Fsp3) is 0.333. The van der Waals surface area contributed by atoms with Crippen molar-refractivity contribution in [2.24, 2.45) is 0 Å². The van der Waals surface area contributed by atoms with E-state index in [4.69, 9.17) is 4.98 Å². The fourth-order valence-corrected chi connectivity index (χ4v) is 4.35. The van der Waals surface area contributed by atoms with Gasteiger partial charge in [0.1, 0.15) is 5.01 Å². The highest BCUT2D eigenvalue weighted by molar-refractivity contribution is 7.18. The highest BCUT2D eigenvalue weighted by Crippen LogP contribution is 2.40. The van der Waals surface area contributed by atoms with Gasteiger partial charge in [-0.05, 0) is 44.9 Å². The first kappa shape index (κ1) is 17.3. The van der Waals surface area contributed by atoms with Crippen molar-refractivity contribution in [2.45, 2.75) is 45.2 Å². The van der Waals surface area contributed by atoms with Crippen LogP contribution in [0.2, 0.25) is 0 Å².